The first kappa shape index (κ1) is 18.3. The number of hydrogen-bond donors (Lipinski definition) is 1. The van der Waals surface area contributed by atoms with E-state index in [1.807, 2.05) is 12.1 Å². The quantitative estimate of drug-likeness (QED) is 0.813. The lowest BCUT2D eigenvalue weighted by Crippen LogP contribution is -2.31. The Hall–Kier alpha value is -2.04. The van der Waals surface area contributed by atoms with Crippen molar-refractivity contribution >= 4 is 11.8 Å². The molecule has 0 bridgehead atoms. The lowest BCUT2D eigenvalue weighted by atomic mass is 9.87. The van der Waals surface area contributed by atoms with Crippen LogP contribution in [-0.2, 0) is 15.0 Å². The zero-order valence-electron chi connectivity index (χ0n) is 14.9. The average Bonchev–Trinajstić information content (AvgIpc) is 3.01. The predicted molar refractivity (Wildman–Crippen MR) is 93.8 cm³/mol. The van der Waals surface area contributed by atoms with Crippen LogP contribution in [0.5, 0.6) is 5.75 Å². The van der Waals surface area contributed by atoms with E-state index in [0.29, 0.717) is 39.0 Å². The van der Waals surface area contributed by atoms with Gasteiger partial charge >= 0.3 is 0 Å². The first-order valence-electron chi connectivity index (χ1n) is 8.58. The molecule has 2 N–H and O–H groups in total. The highest BCUT2D eigenvalue weighted by Crippen LogP contribution is 2.24. The summed E-state index contributed by atoms with van der Waals surface area (Å²) in [6.45, 7) is 8.12. The normalized spacial score (nSPS) is 17.8. The Kier molecular flexibility index (Phi) is 5.86. The van der Waals surface area contributed by atoms with E-state index in [1.54, 1.807) is 4.90 Å². The lowest BCUT2D eigenvalue weighted by molar-refractivity contribution is -0.130. The maximum absolute atomic E-state index is 12.1. The largest absolute Gasteiger partial charge is 0.494 e. The Balaban J connectivity index is 1.69. The summed E-state index contributed by atoms with van der Waals surface area (Å²) in [5.74, 6) is 0.398. The minimum absolute atomic E-state index is 0.0745. The van der Waals surface area contributed by atoms with Gasteiger partial charge in [-0.2, -0.15) is 0 Å². The number of likely N-dealkylation sites (tertiary alicyclic amines) is 1. The smallest absolute Gasteiger partial charge is 0.222 e. The van der Waals surface area contributed by atoms with Gasteiger partial charge in [0.1, 0.15) is 5.75 Å². The highest BCUT2D eigenvalue weighted by Gasteiger charge is 2.29. The van der Waals surface area contributed by atoms with Gasteiger partial charge in [-0.05, 0) is 36.0 Å². The molecule has 0 radical (unpaired) electrons. The van der Waals surface area contributed by atoms with Gasteiger partial charge in [0.25, 0.3) is 0 Å². The third-order valence-electron chi connectivity index (χ3n) is 4.47. The number of rotatable bonds is 6. The van der Waals surface area contributed by atoms with Gasteiger partial charge in [0.15, 0.2) is 0 Å². The van der Waals surface area contributed by atoms with Crippen LogP contribution in [0.15, 0.2) is 24.3 Å². The van der Waals surface area contributed by atoms with Gasteiger partial charge in [-0.3, -0.25) is 9.59 Å². The van der Waals surface area contributed by atoms with Crippen molar-refractivity contribution in [3.8, 4) is 5.75 Å². The van der Waals surface area contributed by atoms with Crippen molar-refractivity contribution in [3.63, 3.8) is 0 Å². The van der Waals surface area contributed by atoms with Gasteiger partial charge in [0.2, 0.25) is 11.8 Å². The number of hydrogen-bond acceptors (Lipinski definition) is 3. The molecule has 0 aliphatic carbocycles. The summed E-state index contributed by atoms with van der Waals surface area (Å²) in [6.07, 6.45) is 1.78. The third kappa shape index (κ3) is 4.98. The second-order valence-corrected chi connectivity index (χ2v) is 7.45. The van der Waals surface area contributed by atoms with E-state index in [4.69, 9.17) is 10.5 Å². The monoisotopic (exact) mass is 332 g/mol. The van der Waals surface area contributed by atoms with Crippen molar-refractivity contribution < 1.29 is 14.3 Å². The van der Waals surface area contributed by atoms with Crippen molar-refractivity contribution in [2.24, 2.45) is 11.7 Å². The lowest BCUT2D eigenvalue weighted by Gasteiger charge is -2.19. The molecule has 0 saturated carbocycles. The van der Waals surface area contributed by atoms with Gasteiger partial charge in [0, 0.05) is 19.5 Å². The summed E-state index contributed by atoms with van der Waals surface area (Å²) in [7, 11) is 0. The molecule has 1 aromatic rings. The van der Waals surface area contributed by atoms with E-state index in [2.05, 4.69) is 32.9 Å². The van der Waals surface area contributed by atoms with Gasteiger partial charge in [-0.25, -0.2) is 0 Å². The number of ether oxygens (including phenoxy) is 1. The highest BCUT2D eigenvalue weighted by molar-refractivity contribution is 5.81. The fraction of sp³-hybridized carbons (Fsp3) is 0.579. The maximum atomic E-state index is 12.1. The van der Waals surface area contributed by atoms with Crippen LogP contribution >= 0.6 is 0 Å². The second-order valence-electron chi connectivity index (χ2n) is 7.45. The molecule has 132 valence electrons. The van der Waals surface area contributed by atoms with Crippen LogP contribution in [0.25, 0.3) is 0 Å². The molecule has 0 aromatic heterocycles. The van der Waals surface area contributed by atoms with Gasteiger partial charge in [-0.15, -0.1) is 0 Å². The highest BCUT2D eigenvalue weighted by atomic mass is 16.5. The molecular formula is C19H28N2O3. The zero-order chi connectivity index (χ0) is 17.7. The van der Waals surface area contributed by atoms with Crippen molar-refractivity contribution in [1.29, 1.82) is 0 Å². The molecule has 1 heterocycles. The molecule has 1 aromatic carbocycles. The zero-order valence-corrected chi connectivity index (χ0v) is 14.9. The second kappa shape index (κ2) is 7.69. The molecule has 1 atom stereocenters. The molecule has 24 heavy (non-hydrogen) atoms. The van der Waals surface area contributed by atoms with E-state index < -0.39 is 0 Å². The van der Waals surface area contributed by atoms with Crippen molar-refractivity contribution in [1.82, 2.24) is 4.90 Å². The Morgan fingerprint density at radius 3 is 2.46 bits per heavy atom. The van der Waals surface area contributed by atoms with Gasteiger partial charge < -0.3 is 15.4 Å². The number of nitrogens with two attached hydrogens (primary N) is 1. The van der Waals surface area contributed by atoms with Crippen LogP contribution in [0.3, 0.4) is 0 Å². The molecule has 1 aliphatic heterocycles. The minimum Gasteiger partial charge on any atom is -0.494 e. The van der Waals surface area contributed by atoms with E-state index in [9.17, 15) is 9.59 Å². The molecular weight excluding hydrogens is 304 g/mol. The van der Waals surface area contributed by atoms with E-state index in [0.717, 1.165) is 5.75 Å². The van der Waals surface area contributed by atoms with E-state index in [-0.39, 0.29) is 23.1 Å². The van der Waals surface area contributed by atoms with E-state index >= 15 is 0 Å². The number of carbonyl (C=O) groups is 2. The Bertz CT molecular complexity index is 575. The average molecular weight is 332 g/mol. The van der Waals surface area contributed by atoms with Crippen molar-refractivity contribution in [2.75, 3.05) is 19.7 Å². The molecule has 5 heteroatoms. The number of primary amides is 1. The Morgan fingerprint density at radius 2 is 1.92 bits per heavy atom. The number of nitrogens with zero attached hydrogens (tertiary/aromatic N) is 1. The topological polar surface area (TPSA) is 72.6 Å². The molecule has 1 fully saturated rings. The fourth-order valence-corrected chi connectivity index (χ4v) is 2.84. The standard InChI is InChI=1S/C19H28N2O3/c1-19(2,3)15-6-8-16(9-7-15)24-12-4-5-17(22)21-11-10-14(13-21)18(20)23/h6-9,14H,4-5,10-13H2,1-3H3,(H2,20,23). The molecule has 1 saturated heterocycles. The molecule has 1 aliphatic rings. The summed E-state index contributed by atoms with van der Waals surface area (Å²) >= 11 is 0. The Morgan fingerprint density at radius 1 is 1.25 bits per heavy atom. The third-order valence-corrected chi connectivity index (χ3v) is 4.47. The van der Waals surface area contributed by atoms with Crippen LogP contribution in [0.4, 0.5) is 0 Å². The Labute approximate surface area is 144 Å². The first-order chi connectivity index (χ1) is 11.3. The fourth-order valence-electron chi connectivity index (χ4n) is 2.84. The van der Waals surface area contributed by atoms with Gasteiger partial charge in [-0.1, -0.05) is 32.9 Å². The number of amides is 2. The van der Waals surface area contributed by atoms with Crippen LogP contribution in [-0.4, -0.2) is 36.4 Å². The summed E-state index contributed by atoms with van der Waals surface area (Å²) < 4.78 is 5.70. The minimum atomic E-state index is -0.313. The summed E-state index contributed by atoms with van der Waals surface area (Å²) in [6, 6.07) is 8.10. The van der Waals surface area contributed by atoms with Crippen molar-refractivity contribution in [2.45, 2.75) is 45.4 Å². The molecule has 5 nitrogen and oxygen atoms in total. The molecule has 0 spiro atoms. The van der Waals surface area contributed by atoms with Crippen LogP contribution in [0.2, 0.25) is 0 Å². The van der Waals surface area contributed by atoms with E-state index in [1.165, 1.54) is 5.56 Å². The molecule has 1 unspecified atom stereocenters. The summed E-state index contributed by atoms with van der Waals surface area (Å²) in [5, 5.41) is 0. The van der Waals surface area contributed by atoms with Gasteiger partial charge in [0.05, 0.1) is 12.5 Å². The molecule has 2 amide bonds. The van der Waals surface area contributed by atoms with Crippen molar-refractivity contribution in [3.05, 3.63) is 29.8 Å². The maximum Gasteiger partial charge on any atom is 0.222 e. The summed E-state index contributed by atoms with van der Waals surface area (Å²) in [4.78, 5) is 25.0. The van der Waals surface area contributed by atoms with Crippen LogP contribution in [0.1, 0.15) is 45.6 Å². The number of carbonyl (C=O) groups excluding carboxylic acids is 2. The van der Waals surface area contributed by atoms with Crippen LogP contribution in [0, 0.1) is 5.92 Å². The first-order valence-corrected chi connectivity index (χ1v) is 8.58. The van der Waals surface area contributed by atoms with Crippen LogP contribution < -0.4 is 10.5 Å². The molecule has 2 rings (SSSR count). The summed E-state index contributed by atoms with van der Waals surface area (Å²) in [5.41, 5.74) is 6.68. The SMILES string of the molecule is CC(C)(C)c1ccc(OCCCC(=O)N2CCC(C(N)=O)C2)cc1. The number of benzene rings is 1. The predicted octanol–water partition coefficient (Wildman–Crippen LogP) is 2.48.